The van der Waals surface area contributed by atoms with Gasteiger partial charge in [0.2, 0.25) is 0 Å². The van der Waals surface area contributed by atoms with Crippen LogP contribution < -0.4 is 4.90 Å². The van der Waals surface area contributed by atoms with Crippen LogP contribution >= 0.6 is 11.3 Å². The number of hydrogen-bond acceptors (Lipinski definition) is 2. The molecule has 0 unspecified atom stereocenters. The number of para-hydroxylation sites is 1. The summed E-state index contributed by atoms with van der Waals surface area (Å²) in [7, 11) is 0. The number of benzene rings is 9. The van der Waals surface area contributed by atoms with Gasteiger partial charge in [0, 0.05) is 42.5 Å². The third-order valence-electron chi connectivity index (χ3n) is 13.3. The van der Waals surface area contributed by atoms with Gasteiger partial charge < -0.3 is 4.90 Å². The predicted octanol–water partition coefficient (Wildman–Crippen LogP) is 15.9. The average Bonchev–Trinajstić information content (AvgIpc) is 3.90. The van der Waals surface area contributed by atoms with Gasteiger partial charge in [0.1, 0.15) is 0 Å². The predicted molar refractivity (Wildman–Crippen MR) is 254 cm³/mol. The Balaban J connectivity index is 1.26. The molecule has 2 heteroatoms. The molecule has 1 heterocycles. The first-order chi connectivity index (χ1) is 29.5. The van der Waals surface area contributed by atoms with Crippen molar-refractivity contribution in [3.8, 4) is 33.4 Å². The molecule has 0 bridgehead atoms. The fourth-order valence-corrected chi connectivity index (χ4v) is 11.8. The molecule has 0 atom stereocenters. The summed E-state index contributed by atoms with van der Waals surface area (Å²) >= 11 is 1.91. The third kappa shape index (κ3) is 4.92. The van der Waals surface area contributed by atoms with Gasteiger partial charge in [0.05, 0.1) is 11.1 Å². The van der Waals surface area contributed by atoms with Gasteiger partial charge in [-0.1, -0.05) is 184 Å². The molecule has 1 nitrogen and oxygen atoms in total. The summed E-state index contributed by atoms with van der Waals surface area (Å²) in [6.07, 6.45) is 0. The van der Waals surface area contributed by atoms with E-state index in [9.17, 15) is 0 Å². The molecule has 0 aliphatic heterocycles. The van der Waals surface area contributed by atoms with Gasteiger partial charge in [0.25, 0.3) is 0 Å². The number of fused-ring (bicyclic) bond motifs is 9. The van der Waals surface area contributed by atoms with E-state index in [2.05, 4.69) is 231 Å². The first-order valence-electron chi connectivity index (χ1n) is 20.9. The minimum Gasteiger partial charge on any atom is -0.309 e. The van der Waals surface area contributed by atoms with Crippen molar-refractivity contribution in [2.24, 2.45) is 0 Å². The van der Waals surface area contributed by atoms with Crippen LogP contribution in [0.25, 0.3) is 53.6 Å². The van der Waals surface area contributed by atoms with Crippen molar-refractivity contribution in [3.63, 3.8) is 0 Å². The maximum atomic E-state index is 2.59. The molecule has 284 valence electrons. The summed E-state index contributed by atoms with van der Waals surface area (Å²) in [5.74, 6) is 0. The second kappa shape index (κ2) is 13.3. The van der Waals surface area contributed by atoms with E-state index in [0.717, 1.165) is 11.4 Å². The zero-order valence-corrected chi connectivity index (χ0v) is 34.4. The second-order valence-corrected chi connectivity index (χ2v) is 17.9. The minimum atomic E-state index is -0.549. The molecule has 0 amide bonds. The van der Waals surface area contributed by atoms with Crippen LogP contribution in [-0.2, 0) is 10.8 Å². The van der Waals surface area contributed by atoms with E-state index in [0.29, 0.717) is 0 Å². The average molecular weight is 784 g/mol. The van der Waals surface area contributed by atoms with Crippen LogP contribution in [0.2, 0.25) is 0 Å². The van der Waals surface area contributed by atoms with Crippen LogP contribution in [0.3, 0.4) is 0 Å². The molecular weight excluding hydrogens is 743 g/mol. The first-order valence-corrected chi connectivity index (χ1v) is 21.7. The van der Waals surface area contributed by atoms with Gasteiger partial charge in [-0.25, -0.2) is 0 Å². The lowest BCUT2D eigenvalue weighted by Crippen LogP contribution is -2.28. The van der Waals surface area contributed by atoms with Crippen molar-refractivity contribution in [2.45, 2.75) is 24.7 Å². The summed E-state index contributed by atoms with van der Waals surface area (Å²) in [6.45, 7) is 4.77. The van der Waals surface area contributed by atoms with E-state index in [1.54, 1.807) is 0 Å². The molecule has 1 aromatic heterocycles. The zero-order chi connectivity index (χ0) is 40.0. The Kier molecular flexibility index (Phi) is 7.73. The van der Waals surface area contributed by atoms with Crippen LogP contribution in [0.1, 0.15) is 47.2 Å². The number of anilines is 3. The van der Waals surface area contributed by atoms with Gasteiger partial charge in [-0.3, -0.25) is 0 Å². The van der Waals surface area contributed by atoms with E-state index in [1.807, 2.05) is 11.3 Å². The summed E-state index contributed by atoms with van der Waals surface area (Å²) in [4.78, 5) is 2.59. The number of thiophene rings is 1. The smallest absolute Gasteiger partial charge is 0.0714 e. The standard InChI is InChI=1S/C58H41NS/c1-57(2)48-29-17-15-27-44(48)45-33-32-43(36-50(45)57)59(42-25-13-6-14-26-42)56-54-46-28-16-18-30-49(46)58(40-21-9-4-10-22-40,41-23-11-5-12-24-41)51(54)37-53-55(56)47-35-39(31-34-52(47)60-53)38-19-7-3-8-20-38/h3-37H,1-2H3. The Morgan fingerprint density at radius 1 is 0.400 bits per heavy atom. The molecule has 12 rings (SSSR count). The Morgan fingerprint density at radius 2 is 0.983 bits per heavy atom. The van der Waals surface area contributed by atoms with Crippen molar-refractivity contribution in [1.29, 1.82) is 0 Å². The zero-order valence-electron chi connectivity index (χ0n) is 33.6. The van der Waals surface area contributed by atoms with Gasteiger partial charge in [-0.15, -0.1) is 11.3 Å². The quantitative estimate of drug-likeness (QED) is 0.162. The maximum absolute atomic E-state index is 2.59. The largest absolute Gasteiger partial charge is 0.309 e. The minimum absolute atomic E-state index is 0.152. The number of rotatable bonds is 6. The molecule has 0 N–H and O–H groups in total. The molecule has 60 heavy (non-hydrogen) atoms. The second-order valence-electron chi connectivity index (χ2n) is 16.8. The van der Waals surface area contributed by atoms with Crippen molar-refractivity contribution < 1.29 is 0 Å². The van der Waals surface area contributed by atoms with Gasteiger partial charge in [0.15, 0.2) is 0 Å². The van der Waals surface area contributed by atoms with E-state index >= 15 is 0 Å². The molecule has 0 saturated heterocycles. The van der Waals surface area contributed by atoms with Crippen LogP contribution in [0.15, 0.2) is 212 Å². The van der Waals surface area contributed by atoms with Crippen molar-refractivity contribution in [1.82, 2.24) is 0 Å². The lowest BCUT2D eigenvalue weighted by molar-refractivity contribution is 0.660. The van der Waals surface area contributed by atoms with E-state index in [1.165, 1.54) is 92.6 Å². The maximum Gasteiger partial charge on any atom is 0.0714 e. The number of hydrogen-bond donors (Lipinski definition) is 0. The van der Waals surface area contributed by atoms with Gasteiger partial charge >= 0.3 is 0 Å². The highest BCUT2D eigenvalue weighted by Crippen LogP contribution is 2.63. The van der Waals surface area contributed by atoms with Crippen LogP contribution in [-0.4, -0.2) is 0 Å². The van der Waals surface area contributed by atoms with Crippen LogP contribution in [0.5, 0.6) is 0 Å². The molecule has 0 saturated carbocycles. The Labute approximate surface area is 355 Å². The summed E-state index contributed by atoms with van der Waals surface area (Å²) < 4.78 is 2.56. The molecule has 0 fully saturated rings. The highest BCUT2D eigenvalue weighted by atomic mass is 32.1. The van der Waals surface area contributed by atoms with Crippen molar-refractivity contribution in [2.75, 3.05) is 4.90 Å². The topological polar surface area (TPSA) is 3.24 Å². The first kappa shape index (κ1) is 35.0. The molecule has 2 aliphatic rings. The summed E-state index contributed by atoms with van der Waals surface area (Å²) in [6, 6.07) is 79.3. The highest BCUT2D eigenvalue weighted by molar-refractivity contribution is 7.26. The lowest BCUT2D eigenvalue weighted by Gasteiger charge is -2.35. The Morgan fingerprint density at radius 3 is 1.68 bits per heavy atom. The third-order valence-corrected chi connectivity index (χ3v) is 14.4. The molecule has 2 aliphatic carbocycles. The van der Waals surface area contributed by atoms with Gasteiger partial charge in [-0.2, -0.15) is 0 Å². The monoisotopic (exact) mass is 783 g/mol. The molecule has 0 spiro atoms. The van der Waals surface area contributed by atoms with E-state index in [4.69, 9.17) is 0 Å². The molecular formula is C58H41NS. The van der Waals surface area contributed by atoms with Crippen LogP contribution in [0, 0.1) is 0 Å². The van der Waals surface area contributed by atoms with Gasteiger partial charge in [-0.05, 0) is 104 Å². The van der Waals surface area contributed by atoms with E-state index in [-0.39, 0.29) is 5.41 Å². The summed E-state index contributed by atoms with van der Waals surface area (Å²) in [5.41, 5.74) is 18.4. The molecule has 10 aromatic rings. The van der Waals surface area contributed by atoms with Crippen LogP contribution in [0.4, 0.5) is 17.1 Å². The molecule has 0 radical (unpaired) electrons. The number of nitrogens with zero attached hydrogens (tertiary/aromatic N) is 1. The van der Waals surface area contributed by atoms with Crippen molar-refractivity contribution >= 4 is 48.6 Å². The fraction of sp³-hybridized carbons (Fsp3) is 0.0690. The Bertz CT molecular complexity index is 3230. The summed E-state index contributed by atoms with van der Waals surface area (Å²) in [5, 5.41) is 2.56. The van der Waals surface area contributed by atoms with Crippen molar-refractivity contribution in [3.05, 3.63) is 246 Å². The highest BCUT2D eigenvalue weighted by Gasteiger charge is 2.48. The lowest BCUT2D eigenvalue weighted by atomic mass is 9.67. The van der Waals surface area contributed by atoms with E-state index < -0.39 is 5.41 Å². The molecule has 9 aromatic carbocycles. The fourth-order valence-electron chi connectivity index (χ4n) is 10.7. The normalized spacial score (nSPS) is 14.1. The Hall–Kier alpha value is -7.00. The SMILES string of the molecule is CC1(C)c2ccccc2-c2ccc(N(c3ccccc3)c3c4c(cc5sc6ccc(-c7ccccc7)cc6c35)C(c3ccccc3)(c3ccccc3)c3ccccc3-4)cc21.